The molecule has 0 aliphatic heterocycles. The molecule has 2 aromatic heterocycles. The fourth-order valence-electron chi connectivity index (χ4n) is 2.99. The zero-order chi connectivity index (χ0) is 20.9. The summed E-state index contributed by atoms with van der Waals surface area (Å²) in [6.07, 6.45) is 5.33. The lowest BCUT2D eigenvalue weighted by molar-refractivity contribution is 0.416. The van der Waals surface area contributed by atoms with Crippen molar-refractivity contribution < 1.29 is 4.74 Å². The minimum Gasteiger partial charge on any atom is -0.494 e. The van der Waals surface area contributed by atoms with E-state index >= 15 is 0 Å². The Hall–Kier alpha value is -3.51. The second kappa shape index (κ2) is 8.88. The maximum Gasteiger partial charge on any atom is 0.211 e. The Labute approximate surface area is 179 Å². The molecule has 0 unspecified atom stereocenters. The fraction of sp³-hybridized carbons (Fsp3) is 0.125. The summed E-state index contributed by atoms with van der Waals surface area (Å²) < 4.78 is 7.34. The molecule has 4 aromatic rings. The number of aromatic nitrogens is 2. The molecule has 0 aliphatic rings. The molecular weight excluding hydrogens is 392 g/mol. The quantitative estimate of drug-likeness (QED) is 0.413. The maximum atomic E-state index is 5.46. The van der Waals surface area contributed by atoms with E-state index in [1.165, 1.54) is 11.1 Å². The van der Waals surface area contributed by atoms with Gasteiger partial charge in [-0.15, -0.1) is 11.3 Å². The lowest BCUT2D eigenvalue weighted by Crippen LogP contribution is -2.11. The Kier molecular flexibility index (Phi) is 5.86. The van der Waals surface area contributed by atoms with Gasteiger partial charge >= 0.3 is 0 Å². The minimum atomic E-state index is 0.725. The van der Waals surface area contributed by atoms with Crippen LogP contribution in [0.15, 0.2) is 82.5 Å². The highest BCUT2D eigenvalue weighted by atomic mass is 32.1. The van der Waals surface area contributed by atoms with E-state index in [-0.39, 0.29) is 0 Å². The first-order valence-corrected chi connectivity index (χ1v) is 10.4. The smallest absolute Gasteiger partial charge is 0.211 e. The van der Waals surface area contributed by atoms with E-state index in [0.29, 0.717) is 0 Å². The number of methoxy groups -OCH3 is 1. The number of hydrogen-bond acceptors (Lipinski definition) is 5. The van der Waals surface area contributed by atoms with Crippen LogP contribution in [0.5, 0.6) is 5.75 Å². The summed E-state index contributed by atoms with van der Waals surface area (Å²) in [5.74, 6) is 0.725. The molecule has 6 heteroatoms. The van der Waals surface area contributed by atoms with Gasteiger partial charge < -0.3 is 4.74 Å². The van der Waals surface area contributed by atoms with Crippen LogP contribution in [0.2, 0.25) is 0 Å². The summed E-state index contributed by atoms with van der Waals surface area (Å²) >= 11 is 1.54. The summed E-state index contributed by atoms with van der Waals surface area (Å²) in [6.45, 7) is 4.24. The molecule has 4 rings (SSSR count). The Morgan fingerprint density at radius 2 is 1.80 bits per heavy atom. The Morgan fingerprint density at radius 1 is 1.00 bits per heavy atom. The van der Waals surface area contributed by atoms with Crippen molar-refractivity contribution in [3.8, 4) is 17.0 Å². The second-order valence-electron chi connectivity index (χ2n) is 6.82. The number of hydrogen-bond donors (Lipinski definition) is 0. The Balaban J connectivity index is 1.88. The van der Waals surface area contributed by atoms with Crippen LogP contribution in [0.25, 0.3) is 11.3 Å². The number of nitrogens with zero attached hydrogens (tertiary/aromatic N) is 4. The van der Waals surface area contributed by atoms with Gasteiger partial charge in [-0.2, -0.15) is 5.10 Å². The van der Waals surface area contributed by atoms with E-state index in [2.05, 4.69) is 42.4 Å². The van der Waals surface area contributed by atoms with Gasteiger partial charge in [0.1, 0.15) is 11.4 Å². The average molecular weight is 415 g/mol. The Bertz CT molecular complexity index is 1260. The van der Waals surface area contributed by atoms with E-state index in [4.69, 9.17) is 14.8 Å². The van der Waals surface area contributed by atoms with Gasteiger partial charge in [-0.25, -0.2) is 9.67 Å². The van der Waals surface area contributed by atoms with Crippen LogP contribution in [-0.4, -0.2) is 23.0 Å². The normalized spacial score (nSPS) is 11.9. The molecule has 30 heavy (non-hydrogen) atoms. The molecule has 0 aliphatic carbocycles. The molecule has 0 saturated carbocycles. The lowest BCUT2D eigenvalue weighted by atomic mass is 10.1. The lowest BCUT2D eigenvalue weighted by Gasteiger charge is -2.07. The highest BCUT2D eigenvalue weighted by Gasteiger charge is 2.10. The van der Waals surface area contributed by atoms with Crippen LogP contribution in [0.1, 0.15) is 16.7 Å². The van der Waals surface area contributed by atoms with Crippen molar-refractivity contribution in [2.24, 2.45) is 10.1 Å². The number of thiazole rings is 1. The third kappa shape index (κ3) is 4.23. The third-order valence-electron chi connectivity index (χ3n) is 4.82. The van der Waals surface area contributed by atoms with Gasteiger partial charge in [-0.1, -0.05) is 24.3 Å². The molecule has 0 fully saturated rings. The number of rotatable bonds is 5. The summed E-state index contributed by atoms with van der Waals surface area (Å²) in [7, 11) is 1.65. The summed E-state index contributed by atoms with van der Waals surface area (Å²) in [5.41, 5.74) is 6.33. The van der Waals surface area contributed by atoms with Crippen LogP contribution < -0.4 is 9.54 Å². The van der Waals surface area contributed by atoms with Crippen LogP contribution in [0.3, 0.4) is 0 Å². The molecule has 0 spiro atoms. The molecule has 0 N–H and O–H groups in total. The van der Waals surface area contributed by atoms with Crippen molar-refractivity contribution in [3.63, 3.8) is 0 Å². The van der Waals surface area contributed by atoms with Crippen molar-refractivity contribution in [2.75, 3.05) is 7.11 Å². The fourth-order valence-corrected chi connectivity index (χ4v) is 3.84. The molecule has 2 aromatic carbocycles. The predicted octanol–water partition coefficient (Wildman–Crippen LogP) is 5.35. The zero-order valence-corrected chi connectivity index (χ0v) is 17.9. The van der Waals surface area contributed by atoms with Crippen molar-refractivity contribution in [1.82, 2.24) is 9.66 Å². The van der Waals surface area contributed by atoms with Gasteiger partial charge in [0.15, 0.2) is 0 Å². The molecule has 0 amide bonds. The van der Waals surface area contributed by atoms with E-state index < -0.39 is 0 Å². The number of ether oxygens (including phenoxy) is 1. The van der Waals surface area contributed by atoms with Gasteiger partial charge in [0, 0.05) is 23.3 Å². The van der Waals surface area contributed by atoms with Crippen LogP contribution >= 0.6 is 11.3 Å². The Morgan fingerprint density at radius 3 is 2.57 bits per heavy atom. The third-order valence-corrected chi connectivity index (χ3v) is 5.63. The maximum absolute atomic E-state index is 5.46. The van der Waals surface area contributed by atoms with Crippen LogP contribution in [-0.2, 0) is 0 Å². The minimum absolute atomic E-state index is 0.725. The van der Waals surface area contributed by atoms with Gasteiger partial charge in [0.05, 0.1) is 19.0 Å². The number of benzene rings is 2. The van der Waals surface area contributed by atoms with Gasteiger partial charge in [0.25, 0.3) is 0 Å². The zero-order valence-electron chi connectivity index (χ0n) is 17.1. The molecule has 0 radical (unpaired) electrons. The number of para-hydroxylation sites is 2. The summed E-state index contributed by atoms with van der Waals surface area (Å²) in [5, 5.41) is 6.84. The van der Waals surface area contributed by atoms with Crippen LogP contribution in [0, 0.1) is 13.8 Å². The van der Waals surface area contributed by atoms with Crippen molar-refractivity contribution in [2.45, 2.75) is 13.8 Å². The summed E-state index contributed by atoms with van der Waals surface area (Å²) in [6, 6.07) is 18.0. The highest BCUT2D eigenvalue weighted by Crippen LogP contribution is 2.27. The first kappa shape index (κ1) is 19.8. The SMILES string of the molecule is COc1ccccc1N=c1scc(-c2ccc(C)c(C)c2)n1/N=C\c1ccncc1. The standard InChI is InChI=1S/C24H22N4OS/c1-17-8-9-20(14-18(17)2)22-16-30-24(27-21-6-4-5-7-23(21)29-3)28(22)26-15-19-10-12-25-13-11-19/h4-16H,1-3H3/b26-15-,27-24?. The highest BCUT2D eigenvalue weighted by molar-refractivity contribution is 7.07. The second-order valence-corrected chi connectivity index (χ2v) is 7.66. The molecule has 5 nitrogen and oxygen atoms in total. The topological polar surface area (TPSA) is 51.8 Å². The summed E-state index contributed by atoms with van der Waals surface area (Å²) in [4.78, 5) is 9.67. The average Bonchev–Trinajstić information content (AvgIpc) is 3.17. The van der Waals surface area contributed by atoms with Crippen molar-refractivity contribution >= 4 is 23.2 Å². The molecule has 0 bridgehead atoms. The molecule has 0 saturated heterocycles. The molecule has 150 valence electrons. The van der Waals surface area contributed by atoms with E-state index in [1.807, 2.05) is 47.3 Å². The largest absolute Gasteiger partial charge is 0.494 e. The molecular formula is C24H22N4OS. The first-order chi connectivity index (χ1) is 14.7. The molecule has 2 heterocycles. The van der Waals surface area contributed by atoms with E-state index in [0.717, 1.165) is 33.1 Å². The number of pyridine rings is 1. The van der Waals surface area contributed by atoms with Crippen molar-refractivity contribution in [1.29, 1.82) is 0 Å². The van der Waals surface area contributed by atoms with E-state index in [1.54, 1.807) is 30.8 Å². The predicted molar refractivity (Wildman–Crippen MR) is 123 cm³/mol. The van der Waals surface area contributed by atoms with Crippen molar-refractivity contribution in [3.05, 3.63) is 93.9 Å². The van der Waals surface area contributed by atoms with Gasteiger partial charge in [-0.05, 0) is 60.9 Å². The van der Waals surface area contributed by atoms with Gasteiger partial charge in [0.2, 0.25) is 4.80 Å². The monoisotopic (exact) mass is 414 g/mol. The first-order valence-electron chi connectivity index (χ1n) is 9.56. The van der Waals surface area contributed by atoms with Gasteiger partial charge in [-0.3, -0.25) is 4.98 Å². The number of aryl methyl sites for hydroxylation is 2. The van der Waals surface area contributed by atoms with E-state index in [9.17, 15) is 0 Å². The van der Waals surface area contributed by atoms with Crippen LogP contribution in [0.4, 0.5) is 5.69 Å². The molecule has 0 atom stereocenters.